The average molecular weight is 356 g/mol. The number of hydrogen-bond donors (Lipinski definition) is 7. The summed E-state index contributed by atoms with van der Waals surface area (Å²) in [7, 11) is 0. The lowest BCUT2D eigenvalue weighted by Gasteiger charge is -2.39. The molecule has 1 aliphatic rings. The summed E-state index contributed by atoms with van der Waals surface area (Å²) >= 11 is 0. The van der Waals surface area contributed by atoms with E-state index in [1.165, 1.54) is 6.07 Å². The molecule has 1 aromatic carbocycles. The average Bonchev–Trinajstić information content (AvgIpc) is 2.53. The number of hydrogen-bond acceptors (Lipinski definition) is 8. The highest BCUT2D eigenvalue weighted by atomic mass is 16.4. The monoisotopic (exact) mass is 356 g/mol. The van der Waals surface area contributed by atoms with Gasteiger partial charge in [0, 0.05) is 18.8 Å². The fourth-order valence-electron chi connectivity index (χ4n) is 2.99. The molecular formula is C16H20O9. The van der Waals surface area contributed by atoms with Gasteiger partial charge in [0.25, 0.3) is 0 Å². The zero-order chi connectivity index (χ0) is 18.9. The van der Waals surface area contributed by atoms with Crippen LogP contribution in [-0.2, 0) is 9.59 Å². The van der Waals surface area contributed by atoms with E-state index in [0.717, 1.165) is 12.1 Å². The van der Waals surface area contributed by atoms with E-state index in [4.69, 9.17) is 5.11 Å². The van der Waals surface area contributed by atoms with Gasteiger partial charge in [0.05, 0.1) is 18.3 Å². The highest BCUT2D eigenvalue weighted by molar-refractivity contribution is 5.85. The van der Waals surface area contributed by atoms with Crippen LogP contribution in [0.15, 0.2) is 18.2 Å². The lowest BCUT2D eigenvalue weighted by Crippen LogP contribution is -2.55. The number of phenolic OH excluding ortho intramolecular Hbond substituents is 2. The van der Waals surface area contributed by atoms with Gasteiger partial charge in [-0.2, -0.15) is 0 Å². The largest absolute Gasteiger partial charge is 0.504 e. The molecule has 1 aromatic rings. The number of phenols is 2. The number of carbonyl (C=O) groups is 2. The standard InChI is InChI=1S/C16H20O9/c17-9-2-1-7(3-12(9)20)10(18)4-11(19)8-5-16(25,15(23)24)6-13(21)14(8)22/h1-3,8,10,13-14,17-18,20-22,25H,4-6H2,(H,23,24)/t8-,10+,13+,14+,16-/m0/s1. The molecule has 1 aliphatic carbocycles. The Morgan fingerprint density at radius 2 is 1.80 bits per heavy atom. The van der Waals surface area contributed by atoms with E-state index < -0.39 is 72.3 Å². The molecule has 25 heavy (non-hydrogen) atoms. The maximum atomic E-state index is 12.4. The second-order valence-electron chi connectivity index (χ2n) is 6.34. The molecule has 0 amide bonds. The maximum Gasteiger partial charge on any atom is 0.335 e. The van der Waals surface area contributed by atoms with Gasteiger partial charge < -0.3 is 35.7 Å². The summed E-state index contributed by atoms with van der Waals surface area (Å²) in [5, 5.41) is 67.6. The molecule has 0 saturated heterocycles. The van der Waals surface area contributed by atoms with Gasteiger partial charge in [0.2, 0.25) is 0 Å². The van der Waals surface area contributed by atoms with Crippen molar-refractivity contribution in [2.45, 2.75) is 43.2 Å². The maximum absolute atomic E-state index is 12.4. The lowest BCUT2D eigenvalue weighted by molar-refractivity contribution is -0.180. The van der Waals surface area contributed by atoms with Gasteiger partial charge in [-0.05, 0) is 24.1 Å². The Morgan fingerprint density at radius 1 is 1.16 bits per heavy atom. The van der Waals surface area contributed by atoms with E-state index >= 15 is 0 Å². The fourth-order valence-corrected chi connectivity index (χ4v) is 2.99. The number of rotatable bonds is 5. The predicted molar refractivity (Wildman–Crippen MR) is 81.7 cm³/mol. The lowest BCUT2D eigenvalue weighted by atomic mass is 9.72. The van der Waals surface area contributed by atoms with Crippen LogP contribution >= 0.6 is 0 Å². The summed E-state index contributed by atoms with van der Waals surface area (Å²) in [5.74, 6) is -4.62. The van der Waals surface area contributed by atoms with E-state index in [1.54, 1.807) is 0 Å². The summed E-state index contributed by atoms with van der Waals surface area (Å²) in [4.78, 5) is 23.5. The number of aliphatic carboxylic acids is 1. The van der Waals surface area contributed by atoms with Crippen LogP contribution in [0.4, 0.5) is 0 Å². The van der Waals surface area contributed by atoms with Crippen LogP contribution in [0.5, 0.6) is 11.5 Å². The predicted octanol–water partition coefficient (Wildman–Crippen LogP) is -0.962. The molecule has 0 spiro atoms. The second kappa shape index (κ2) is 6.96. The van der Waals surface area contributed by atoms with Crippen molar-refractivity contribution in [1.29, 1.82) is 0 Å². The third-order valence-corrected chi connectivity index (χ3v) is 4.50. The van der Waals surface area contributed by atoms with E-state index in [1.807, 2.05) is 0 Å². The first-order valence-electron chi connectivity index (χ1n) is 7.59. The summed E-state index contributed by atoms with van der Waals surface area (Å²) in [6.45, 7) is 0. The third kappa shape index (κ3) is 3.90. The van der Waals surface area contributed by atoms with E-state index in [0.29, 0.717) is 0 Å². The van der Waals surface area contributed by atoms with E-state index in [9.17, 15) is 40.2 Å². The number of aromatic hydroxyl groups is 2. The third-order valence-electron chi connectivity index (χ3n) is 4.50. The van der Waals surface area contributed by atoms with Crippen molar-refractivity contribution in [3.63, 3.8) is 0 Å². The smallest absolute Gasteiger partial charge is 0.335 e. The Hall–Kier alpha value is -2.20. The van der Waals surface area contributed by atoms with Gasteiger partial charge in [-0.15, -0.1) is 0 Å². The van der Waals surface area contributed by atoms with Crippen LogP contribution in [0.1, 0.15) is 30.9 Å². The first-order chi connectivity index (χ1) is 11.5. The number of carbonyl (C=O) groups excluding carboxylic acids is 1. The van der Waals surface area contributed by atoms with Gasteiger partial charge in [-0.25, -0.2) is 4.79 Å². The topological polar surface area (TPSA) is 176 Å². The number of aliphatic hydroxyl groups excluding tert-OH is 3. The van der Waals surface area contributed by atoms with Crippen molar-refractivity contribution < 1.29 is 45.3 Å². The quantitative estimate of drug-likeness (QED) is 0.327. The SMILES string of the molecule is O=C(C[C@@H](O)c1ccc(O)c(O)c1)[C@@H]1C[C@@](O)(C(=O)O)C[C@@H](O)[C@@H]1O. The van der Waals surface area contributed by atoms with Crippen LogP contribution in [0.3, 0.4) is 0 Å². The minimum Gasteiger partial charge on any atom is -0.504 e. The number of carboxylic acids is 1. The summed E-state index contributed by atoms with van der Waals surface area (Å²) < 4.78 is 0. The van der Waals surface area contributed by atoms with Crippen LogP contribution in [0.25, 0.3) is 0 Å². The molecule has 2 rings (SSSR count). The van der Waals surface area contributed by atoms with Gasteiger partial charge >= 0.3 is 5.97 Å². The Kier molecular flexibility index (Phi) is 5.33. The molecule has 138 valence electrons. The van der Waals surface area contributed by atoms with Gasteiger partial charge in [0.1, 0.15) is 5.78 Å². The molecule has 1 saturated carbocycles. The molecule has 0 aliphatic heterocycles. The number of ketones is 1. The molecule has 0 aromatic heterocycles. The Balaban J connectivity index is 2.15. The number of benzene rings is 1. The minimum absolute atomic E-state index is 0.128. The molecule has 1 fully saturated rings. The first-order valence-corrected chi connectivity index (χ1v) is 7.59. The summed E-state index contributed by atoms with van der Waals surface area (Å²) in [6, 6.07) is 3.47. The summed E-state index contributed by atoms with van der Waals surface area (Å²) in [6.07, 6.45) is -6.28. The first kappa shape index (κ1) is 19.1. The molecule has 0 heterocycles. The number of carboxylic acid groups (broad SMARTS) is 1. The van der Waals surface area contributed by atoms with Gasteiger partial charge in [-0.1, -0.05) is 6.07 Å². The van der Waals surface area contributed by atoms with Crippen molar-refractivity contribution in [2.24, 2.45) is 5.92 Å². The van der Waals surface area contributed by atoms with Gasteiger partial charge in [-0.3, -0.25) is 4.79 Å². The molecule has 7 N–H and O–H groups in total. The molecule has 0 radical (unpaired) electrons. The molecule has 0 unspecified atom stereocenters. The zero-order valence-corrected chi connectivity index (χ0v) is 13.1. The highest BCUT2D eigenvalue weighted by Crippen LogP contribution is 2.36. The van der Waals surface area contributed by atoms with Crippen molar-refractivity contribution in [3.8, 4) is 11.5 Å². The van der Waals surface area contributed by atoms with Crippen molar-refractivity contribution in [1.82, 2.24) is 0 Å². The normalized spacial score (nSPS) is 30.6. The zero-order valence-electron chi connectivity index (χ0n) is 13.1. The Bertz CT molecular complexity index is 674. The molecule has 9 nitrogen and oxygen atoms in total. The van der Waals surface area contributed by atoms with Crippen molar-refractivity contribution in [2.75, 3.05) is 0 Å². The Labute approximate surface area is 142 Å². The molecule has 0 bridgehead atoms. The van der Waals surface area contributed by atoms with E-state index in [-0.39, 0.29) is 5.56 Å². The molecule has 9 heteroatoms. The molecular weight excluding hydrogens is 336 g/mol. The van der Waals surface area contributed by atoms with Crippen LogP contribution in [0, 0.1) is 5.92 Å². The minimum atomic E-state index is -2.35. The van der Waals surface area contributed by atoms with E-state index in [2.05, 4.69) is 0 Å². The highest BCUT2D eigenvalue weighted by Gasteiger charge is 2.51. The van der Waals surface area contributed by atoms with Crippen LogP contribution < -0.4 is 0 Å². The van der Waals surface area contributed by atoms with Crippen molar-refractivity contribution >= 4 is 11.8 Å². The van der Waals surface area contributed by atoms with Crippen LogP contribution in [-0.4, -0.2) is 65.3 Å². The Morgan fingerprint density at radius 3 is 2.36 bits per heavy atom. The van der Waals surface area contributed by atoms with Crippen LogP contribution in [0.2, 0.25) is 0 Å². The van der Waals surface area contributed by atoms with Gasteiger partial charge in [0.15, 0.2) is 17.1 Å². The fraction of sp³-hybridized carbons (Fsp3) is 0.500. The summed E-state index contributed by atoms with van der Waals surface area (Å²) in [5.41, 5.74) is -2.22. The molecule has 5 atom stereocenters. The van der Waals surface area contributed by atoms with Crippen molar-refractivity contribution in [3.05, 3.63) is 23.8 Å². The number of Topliss-reactive ketones (excluding diaryl/α,β-unsaturated/α-hetero) is 1. The number of aliphatic hydroxyl groups is 4. The second-order valence-corrected chi connectivity index (χ2v) is 6.34.